The van der Waals surface area contributed by atoms with Crippen LogP contribution in [0.25, 0.3) is 6.08 Å². The lowest BCUT2D eigenvalue weighted by Gasteiger charge is -2.36. The summed E-state index contributed by atoms with van der Waals surface area (Å²) in [5, 5.41) is 49.3. The van der Waals surface area contributed by atoms with Gasteiger partial charge in [0.05, 0.1) is 52.5 Å². The van der Waals surface area contributed by atoms with Crippen LogP contribution in [-0.2, 0) is 9.59 Å². The molecule has 8 nitrogen and oxygen atoms in total. The van der Waals surface area contributed by atoms with Crippen molar-refractivity contribution in [3.63, 3.8) is 0 Å². The van der Waals surface area contributed by atoms with Crippen molar-refractivity contribution in [3.8, 4) is 0 Å². The van der Waals surface area contributed by atoms with E-state index in [1.54, 1.807) is 27.7 Å². The van der Waals surface area contributed by atoms with Gasteiger partial charge in [-0.3, -0.25) is 9.59 Å². The van der Waals surface area contributed by atoms with Crippen LogP contribution in [0.5, 0.6) is 0 Å². The summed E-state index contributed by atoms with van der Waals surface area (Å²) in [5.74, 6) is -1.73. The number of aromatic nitrogens is 1. The van der Waals surface area contributed by atoms with Crippen LogP contribution in [0, 0.1) is 24.2 Å². The summed E-state index contributed by atoms with van der Waals surface area (Å²) in [7, 11) is 0. The first-order valence-corrected chi connectivity index (χ1v) is 13.6. The number of aliphatic hydroxyl groups is 4. The van der Waals surface area contributed by atoms with Gasteiger partial charge >= 0.3 is 0 Å². The number of rotatable bonds is 2. The Balaban J connectivity index is 2.39. The number of thiazole rings is 1. The molecule has 5 N–H and O–H groups in total. The molecule has 1 amide bonds. The molecule has 2 rings (SSSR count). The number of Topliss-reactive ketones (excluding diaryl/α,β-unsaturated/α-hetero) is 1. The zero-order valence-corrected chi connectivity index (χ0v) is 23.4. The predicted molar refractivity (Wildman–Crippen MR) is 141 cm³/mol. The van der Waals surface area contributed by atoms with Crippen molar-refractivity contribution in [1.29, 1.82) is 0 Å². The van der Waals surface area contributed by atoms with Crippen LogP contribution in [0.1, 0.15) is 84.3 Å². The first-order valence-electron chi connectivity index (χ1n) is 12.8. The van der Waals surface area contributed by atoms with E-state index in [1.807, 2.05) is 32.2 Å². The third-order valence-electron chi connectivity index (χ3n) is 7.77. The maximum Gasteiger partial charge on any atom is 0.223 e. The molecule has 1 aliphatic rings. The number of aryl methyl sites for hydroxylation is 1. The fraction of sp³-hybridized carbons (Fsp3) is 0.741. The minimum absolute atomic E-state index is 0.0673. The Labute approximate surface area is 218 Å². The van der Waals surface area contributed by atoms with Gasteiger partial charge in [-0.2, -0.15) is 0 Å². The summed E-state index contributed by atoms with van der Waals surface area (Å²) in [4.78, 5) is 30.7. The van der Waals surface area contributed by atoms with Crippen LogP contribution in [0.4, 0.5) is 0 Å². The van der Waals surface area contributed by atoms with Crippen LogP contribution in [0.2, 0.25) is 0 Å². The van der Waals surface area contributed by atoms with Gasteiger partial charge < -0.3 is 25.7 Å². The molecule has 2 heterocycles. The molecule has 1 aliphatic heterocycles. The van der Waals surface area contributed by atoms with Gasteiger partial charge in [0, 0.05) is 17.7 Å². The Morgan fingerprint density at radius 2 is 1.81 bits per heavy atom. The van der Waals surface area contributed by atoms with Crippen LogP contribution >= 0.6 is 11.3 Å². The molecule has 0 saturated carbocycles. The molecule has 0 bridgehead atoms. The van der Waals surface area contributed by atoms with E-state index >= 15 is 0 Å². The maximum atomic E-state index is 13.2. The molecule has 7 atom stereocenters. The lowest BCUT2D eigenvalue weighted by Crippen LogP contribution is -2.49. The van der Waals surface area contributed by atoms with Crippen LogP contribution in [-0.4, -0.2) is 67.1 Å². The van der Waals surface area contributed by atoms with E-state index in [-0.39, 0.29) is 24.5 Å². The van der Waals surface area contributed by atoms with E-state index < -0.39 is 47.2 Å². The number of nitrogens with one attached hydrogen (secondary N) is 1. The lowest BCUT2D eigenvalue weighted by molar-refractivity contribution is -0.143. The minimum atomic E-state index is -1.41. The van der Waals surface area contributed by atoms with E-state index in [2.05, 4.69) is 10.3 Å². The van der Waals surface area contributed by atoms with Crippen LogP contribution in [0.3, 0.4) is 0 Å². The molecule has 1 saturated heterocycles. The predicted octanol–water partition coefficient (Wildman–Crippen LogP) is 3.00. The van der Waals surface area contributed by atoms with Gasteiger partial charge in [-0.05, 0) is 51.2 Å². The maximum absolute atomic E-state index is 13.2. The van der Waals surface area contributed by atoms with Gasteiger partial charge in [-0.25, -0.2) is 4.98 Å². The Kier molecular flexibility index (Phi) is 10.4. The van der Waals surface area contributed by atoms with Gasteiger partial charge in [-0.15, -0.1) is 11.3 Å². The largest absolute Gasteiger partial charge is 0.392 e. The SMILES string of the molecule is C/C(=C\c1csc(C)n1)C1CC(O)C(C)(O)CCCC(C)C(O)C(C)C(=O)C(C)(C)C(O)CC(=O)N1. The summed E-state index contributed by atoms with van der Waals surface area (Å²) in [6, 6.07) is -0.612. The van der Waals surface area contributed by atoms with E-state index in [0.29, 0.717) is 19.3 Å². The van der Waals surface area contributed by atoms with Crippen molar-refractivity contribution in [1.82, 2.24) is 10.3 Å². The standard InChI is InChI=1S/C27H44N2O6S/c1-15-9-8-10-27(7,35)22(31)12-20(16(2)11-19-14-36-18(4)28-19)29-23(32)13-21(30)26(5,6)25(34)17(3)24(15)33/h11,14-15,17,20-22,24,30-31,33,35H,8-10,12-13H2,1-7H3,(H,29,32)/b16-11+. The van der Waals surface area contributed by atoms with Crippen molar-refractivity contribution in [2.45, 2.75) is 111 Å². The van der Waals surface area contributed by atoms with Crippen molar-refractivity contribution in [3.05, 3.63) is 21.7 Å². The molecule has 36 heavy (non-hydrogen) atoms. The monoisotopic (exact) mass is 524 g/mol. The molecule has 0 aromatic carbocycles. The zero-order valence-electron chi connectivity index (χ0n) is 22.6. The molecule has 9 heteroatoms. The Morgan fingerprint density at radius 3 is 2.39 bits per heavy atom. The zero-order chi connectivity index (χ0) is 27.4. The number of nitrogens with zero attached hydrogens (tertiary/aromatic N) is 1. The summed E-state index contributed by atoms with van der Waals surface area (Å²) in [6.45, 7) is 12.0. The summed E-state index contributed by atoms with van der Waals surface area (Å²) in [6.07, 6.45) is -0.324. The third kappa shape index (κ3) is 7.68. The molecular formula is C27H44N2O6S. The number of hydrogen-bond acceptors (Lipinski definition) is 8. The van der Waals surface area contributed by atoms with Crippen molar-refractivity contribution < 1.29 is 30.0 Å². The van der Waals surface area contributed by atoms with Crippen LogP contribution in [0.15, 0.2) is 11.0 Å². The Bertz CT molecular complexity index is 940. The highest BCUT2D eigenvalue weighted by Crippen LogP contribution is 2.33. The molecule has 1 aromatic rings. The van der Waals surface area contributed by atoms with Gasteiger partial charge in [0.15, 0.2) is 0 Å². The molecule has 0 spiro atoms. The number of carbonyl (C=O) groups excluding carboxylic acids is 2. The first-order chi connectivity index (χ1) is 16.6. The highest BCUT2D eigenvalue weighted by atomic mass is 32.1. The summed E-state index contributed by atoms with van der Waals surface area (Å²) < 4.78 is 0. The molecule has 204 valence electrons. The molecule has 1 fully saturated rings. The average molecular weight is 525 g/mol. The summed E-state index contributed by atoms with van der Waals surface area (Å²) >= 11 is 1.51. The summed E-state index contributed by atoms with van der Waals surface area (Å²) in [5.41, 5.74) is -1.16. The fourth-order valence-corrected chi connectivity index (χ4v) is 5.39. The van der Waals surface area contributed by atoms with E-state index in [0.717, 1.165) is 16.3 Å². The van der Waals surface area contributed by atoms with E-state index in [1.165, 1.54) is 11.3 Å². The van der Waals surface area contributed by atoms with Gasteiger partial charge in [0.2, 0.25) is 5.91 Å². The average Bonchev–Trinajstić information content (AvgIpc) is 3.20. The van der Waals surface area contributed by atoms with Crippen molar-refractivity contribution in [2.24, 2.45) is 17.3 Å². The van der Waals surface area contributed by atoms with Crippen LogP contribution < -0.4 is 5.32 Å². The van der Waals surface area contributed by atoms with Gasteiger partial charge in [0.1, 0.15) is 5.78 Å². The normalized spacial score (nSPS) is 35.9. The van der Waals surface area contributed by atoms with Crippen molar-refractivity contribution in [2.75, 3.05) is 0 Å². The van der Waals surface area contributed by atoms with E-state index in [9.17, 15) is 30.0 Å². The van der Waals surface area contributed by atoms with Gasteiger partial charge in [0.25, 0.3) is 0 Å². The quantitative estimate of drug-likeness (QED) is 0.401. The fourth-order valence-electron chi connectivity index (χ4n) is 4.82. The van der Waals surface area contributed by atoms with E-state index in [4.69, 9.17) is 0 Å². The number of ketones is 1. The second-order valence-electron chi connectivity index (χ2n) is 11.4. The van der Waals surface area contributed by atoms with Gasteiger partial charge in [-0.1, -0.05) is 34.1 Å². The first kappa shape index (κ1) is 30.6. The molecule has 0 aliphatic carbocycles. The molecule has 7 unspecified atom stereocenters. The minimum Gasteiger partial charge on any atom is -0.392 e. The molecule has 0 radical (unpaired) electrons. The molecular weight excluding hydrogens is 480 g/mol. The number of carbonyl (C=O) groups is 2. The number of aliphatic hydroxyl groups excluding tert-OH is 3. The number of hydrogen-bond donors (Lipinski definition) is 5. The molecule has 1 aromatic heterocycles. The smallest absolute Gasteiger partial charge is 0.223 e. The highest BCUT2D eigenvalue weighted by Gasteiger charge is 2.42. The third-order valence-corrected chi connectivity index (χ3v) is 8.56. The Morgan fingerprint density at radius 1 is 1.17 bits per heavy atom. The topological polar surface area (TPSA) is 140 Å². The Hall–Kier alpha value is -1.65. The lowest BCUT2D eigenvalue weighted by atomic mass is 9.72. The number of amides is 1. The highest BCUT2D eigenvalue weighted by molar-refractivity contribution is 7.09. The van der Waals surface area contributed by atoms with Crippen molar-refractivity contribution >= 4 is 29.1 Å². The second kappa shape index (κ2) is 12.3. The second-order valence-corrected chi connectivity index (χ2v) is 12.4.